The molecule has 0 radical (unpaired) electrons. The summed E-state index contributed by atoms with van der Waals surface area (Å²) in [5.41, 5.74) is 5.38. The van der Waals surface area contributed by atoms with Crippen molar-refractivity contribution in [3.8, 4) is 0 Å². The van der Waals surface area contributed by atoms with E-state index in [1.807, 2.05) is 20.2 Å². The Morgan fingerprint density at radius 3 is 2.55 bits per heavy atom. The lowest BCUT2D eigenvalue weighted by Gasteiger charge is -2.63. The SMILES string of the molecule is CN(C)C(N)=NN=CC=C[C@H]1CC[C@]2(O)[C@@H]3CC[C@@H]4C[C@@H](O)CC[C@]4(C)[C@H]3CC[C@]12C. The van der Waals surface area contributed by atoms with Gasteiger partial charge in [0.25, 0.3) is 0 Å². The molecule has 4 aliphatic carbocycles. The van der Waals surface area contributed by atoms with Crippen LogP contribution in [-0.2, 0) is 0 Å². The highest BCUT2D eigenvalue weighted by Gasteiger charge is 2.66. The number of nitrogens with two attached hydrogens (primary N) is 1. The van der Waals surface area contributed by atoms with E-state index in [9.17, 15) is 10.2 Å². The summed E-state index contributed by atoms with van der Waals surface area (Å²) < 4.78 is 0. The molecule has 0 unspecified atom stereocenters. The summed E-state index contributed by atoms with van der Waals surface area (Å²) >= 11 is 0. The number of nitrogens with zero attached hydrogens (tertiary/aromatic N) is 3. The molecule has 0 heterocycles. The first-order chi connectivity index (χ1) is 14.6. The van der Waals surface area contributed by atoms with Gasteiger partial charge in [0, 0.05) is 25.7 Å². The van der Waals surface area contributed by atoms with E-state index in [1.165, 1.54) is 6.42 Å². The lowest BCUT2D eigenvalue weighted by Crippen LogP contribution is -2.62. The van der Waals surface area contributed by atoms with Crippen LogP contribution in [0.5, 0.6) is 0 Å². The van der Waals surface area contributed by atoms with Crippen molar-refractivity contribution in [3.63, 3.8) is 0 Å². The molecule has 174 valence electrons. The van der Waals surface area contributed by atoms with Gasteiger partial charge < -0.3 is 20.8 Å². The fraction of sp³-hybridized carbons (Fsp3) is 0.840. The van der Waals surface area contributed by atoms with Crippen LogP contribution < -0.4 is 5.73 Å². The Morgan fingerprint density at radius 1 is 1.03 bits per heavy atom. The quantitative estimate of drug-likeness (QED) is 0.363. The summed E-state index contributed by atoms with van der Waals surface area (Å²) in [4.78, 5) is 1.72. The minimum absolute atomic E-state index is 0.0815. The van der Waals surface area contributed by atoms with Crippen molar-refractivity contribution in [2.24, 2.45) is 50.4 Å². The summed E-state index contributed by atoms with van der Waals surface area (Å²) in [6.07, 6.45) is 15.3. The summed E-state index contributed by atoms with van der Waals surface area (Å²) in [5.74, 6) is 2.33. The van der Waals surface area contributed by atoms with Crippen molar-refractivity contribution in [1.29, 1.82) is 0 Å². The second kappa shape index (κ2) is 8.18. The molecule has 0 aliphatic heterocycles. The van der Waals surface area contributed by atoms with Crippen LogP contribution in [-0.4, -0.2) is 53.1 Å². The molecule has 4 N–H and O–H groups in total. The van der Waals surface area contributed by atoms with Gasteiger partial charge in [-0.1, -0.05) is 19.9 Å². The summed E-state index contributed by atoms with van der Waals surface area (Å²) in [6.45, 7) is 4.79. The molecule has 8 atom stereocenters. The van der Waals surface area contributed by atoms with Crippen LogP contribution in [0.1, 0.15) is 71.6 Å². The largest absolute Gasteiger partial charge is 0.393 e. The van der Waals surface area contributed by atoms with Crippen molar-refractivity contribution >= 4 is 12.2 Å². The molecule has 6 heteroatoms. The van der Waals surface area contributed by atoms with Gasteiger partial charge in [-0.25, -0.2) is 0 Å². The molecular weight excluding hydrogens is 388 g/mol. The van der Waals surface area contributed by atoms with Gasteiger partial charge in [-0.15, -0.1) is 5.10 Å². The number of hydrogen-bond donors (Lipinski definition) is 3. The number of hydrogen-bond acceptors (Lipinski definition) is 4. The Morgan fingerprint density at radius 2 is 1.81 bits per heavy atom. The van der Waals surface area contributed by atoms with Crippen molar-refractivity contribution in [2.75, 3.05) is 14.1 Å². The maximum absolute atomic E-state index is 12.2. The molecule has 31 heavy (non-hydrogen) atoms. The van der Waals surface area contributed by atoms with E-state index in [2.05, 4.69) is 30.1 Å². The van der Waals surface area contributed by atoms with Crippen LogP contribution in [0.3, 0.4) is 0 Å². The molecule has 0 bridgehead atoms. The monoisotopic (exact) mass is 430 g/mol. The van der Waals surface area contributed by atoms with Crippen LogP contribution >= 0.6 is 0 Å². The summed E-state index contributed by atoms with van der Waals surface area (Å²) in [6, 6.07) is 0. The minimum Gasteiger partial charge on any atom is -0.393 e. The molecule has 0 aromatic rings. The number of aliphatic hydroxyl groups is 2. The molecule has 4 fully saturated rings. The Hall–Kier alpha value is -1.40. The molecule has 0 aromatic carbocycles. The third-order valence-electron chi connectivity index (χ3n) is 10.0. The third-order valence-corrected chi connectivity index (χ3v) is 10.0. The number of aliphatic hydroxyl groups excluding tert-OH is 1. The van der Waals surface area contributed by atoms with E-state index in [-0.39, 0.29) is 16.9 Å². The zero-order valence-electron chi connectivity index (χ0n) is 19.8. The lowest BCUT2D eigenvalue weighted by atomic mass is 9.43. The van der Waals surface area contributed by atoms with Crippen molar-refractivity contribution < 1.29 is 10.2 Å². The first-order valence-electron chi connectivity index (χ1n) is 12.2. The van der Waals surface area contributed by atoms with Gasteiger partial charge in [0.2, 0.25) is 5.96 Å². The van der Waals surface area contributed by atoms with Gasteiger partial charge in [-0.2, -0.15) is 5.10 Å². The average molecular weight is 431 g/mol. The number of fused-ring (bicyclic) bond motifs is 5. The van der Waals surface area contributed by atoms with Crippen LogP contribution in [0.4, 0.5) is 0 Å². The minimum atomic E-state index is -0.584. The molecular formula is C25H42N4O2. The van der Waals surface area contributed by atoms with Gasteiger partial charge in [0.05, 0.1) is 11.7 Å². The highest BCUT2D eigenvalue weighted by atomic mass is 16.3. The van der Waals surface area contributed by atoms with E-state index in [1.54, 1.807) is 11.1 Å². The Kier molecular flexibility index (Phi) is 6.01. The second-order valence-corrected chi connectivity index (χ2v) is 11.4. The van der Waals surface area contributed by atoms with Gasteiger partial charge >= 0.3 is 0 Å². The number of guanidine groups is 1. The molecule has 0 aromatic heterocycles. The van der Waals surface area contributed by atoms with Gasteiger partial charge in [0.15, 0.2) is 0 Å². The van der Waals surface area contributed by atoms with Crippen molar-refractivity contribution in [2.45, 2.75) is 83.3 Å². The molecule has 4 saturated carbocycles. The molecule has 0 spiro atoms. The second-order valence-electron chi connectivity index (χ2n) is 11.4. The zero-order valence-corrected chi connectivity index (χ0v) is 19.8. The summed E-state index contributed by atoms with van der Waals surface area (Å²) in [7, 11) is 3.67. The van der Waals surface area contributed by atoms with Crippen LogP contribution in [0.15, 0.2) is 22.4 Å². The predicted octanol–water partition coefficient (Wildman–Crippen LogP) is 3.54. The maximum atomic E-state index is 12.2. The highest BCUT2D eigenvalue weighted by Crippen LogP contribution is 2.69. The van der Waals surface area contributed by atoms with E-state index in [0.29, 0.717) is 29.6 Å². The van der Waals surface area contributed by atoms with Gasteiger partial charge in [-0.3, -0.25) is 0 Å². The summed E-state index contributed by atoms with van der Waals surface area (Å²) in [5, 5.41) is 30.4. The van der Waals surface area contributed by atoms with Gasteiger partial charge in [0.1, 0.15) is 0 Å². The standard InChI is InChI=1S/C25H42N4O2/c1-23-12-10-19(30)16-18(23)7-8-21-20(23)11-13-24(2)17(9-14-25(21,24)31)6-5-15-27-28-22(26)29(3)4/h5-6,15,17-21,30-31H,7-14,16H2,1-4H3,(H2,26,28)/t17-,18+,19-,20-,21+,23-,24+,25-/m0/s1. The average Bonchev–Trinajstić information content (AvgIpc) is 2.99. The third kappa shape index (κ3) is 3.64. The smallest absolute Gasteiger partial charge is 0.215 e. The first kappa shape index (κ1) is 22.8. The number of rotatable bonds is 3. The zero-order chi connectivity index (χ0) is 22.4. The molecule has 4 aliphatic rings. The van der Waals surface area contributed by atoms with Crippen LogP contribution in [0.25, 0.3) is 0 Å². The Bertz CT molecular complexity index is 765. The van der Waals surface area contributed by atoms with E-state index >= 15 is 0 Å². The lowest BCUT2D eigenvalue weighted by molar-refractivity contribution is -0.207. The first-order valence-corrected chi connectivity index (χ1v) is 12.2. The van der Waals surface area contributed by atoms with E-state index < -0.39 is 5.60 Å². The normalized spacial score (nSPS) is 47.9. The fourth-order valence-electron chi connectivity index (χ4n) is 7.96. The van der Waals surface area contributed by atoms with Crippen molar-refractivity contribution in [1.82, 2.24) is 4.90 Å². The van der Waals surface area contributed by atoms with E-state index in [0.717, 1.165) is 51.4 Å². The molecule has 0 saturated heterocycles. The van der Waals surface area contributed by atoms with Crippen molar-refractivity contribution in [3.05, 3.63) is 12.2 Å². The van der Waals surface area contributed by atoms with Crippen LogP contribution in [0.2, 0.25) is 0 Å². The Balaban J connectivity index is 1.50. The van der Waals surface area contributed by atoms with Crippen LogP contribution in [0, 0.1) is 34.5 Å². The molecule has 4 rings (SSSR count). The topological polar surface area (TPSA) is 94.4 Å². The van der Waals surface area contributed by atoms with Gasteiger partial charge in [-0.05, 0) is 93.0 Å². The Labute approximate surface area is 187 Å². The maximum Gasteiger partial charge on any atom is 0.215 e. The molecule has 0 amide bonds. The predicted molar refractivity (Wildman–Crippen MR) is 126 cm³/mol. The fourth-order valence-corrected chi connectivity index (χ4v) is 7.96. The molecule has 6 nitrogen and oxygen atoms in total. The van der Waals surface area contributed by atoms with E-state index in [4.69, 9.17) is 5.73 Å². The highest BCUT2D eigenvalue weighted by molar-refractivity contribution is 5.78. The number of allylic oxidation sites excluding steroid dienone is 2.